The molecular weight excluding hydrogens is 175 g/mol. The van der Waals surface area contributed by atoms with Gasteiger partial charge >= 0.3 is 0 Å². The van der Waals surface area contributed by atoms with E-state index in [0.717, 1.165) is 0 Å². The second kappa shape index (κ2) is 4.26. The van der Waals surface area contributed by atoms with Crippen LogP contribution in [0.1, 0.15) is 10.4 Å². The smallest absolute Gasteiger partial charge is 0.172 e. The van der Waals surface area contributed by atoms with Gasteiger partial charge in [0.1, 0.15) is 5.82 Å². The van der Waals surface area contributed by atoms with Crippen molar-refractivity contribution < 1.29 is 9.18 Å². The Balaban J connectivity index is 2.81. The maximum atomic E-state index is 12.6. The van der Waals surface area contributed by atoms with Crippen LogP contribution in [0.5, 0.6) is 0 Å². The van der Waals surface area contributed by atoms with Crippen molar-refractivity contribution in [1.29, 1.82) is 0 Å². The normalized spacial score (nSPS) is 9.83. The molecule has 64 valence electrons. The van der Waals surface area contributed by atoms with Crippen LogP contribution in [0, 0.1) is 5.82 Å². The zero-order valence-corrected chi connectivity index (χ0v) is 7.53. The summed E-state index contributed by atoms with van der Waals surface area (Å²) < 4.78 is 12.6. The maximum Gasteiger partial charge on any atom is 0.172 e. The van der Waals surface area contributed by atoms with Gasteiger partial charge in [-0.15, -0.1) is 0 Å². The highest BCUT2D eigenvalue weighted by Crippen LogP contribution is 2.06. The SMILES string of the molecule is CSCC(=O)c1cccc(F)c1. The van der Waals surface area contributed by atoms with Crippen LogP contribution in [0.4, 0.5) is 4.39 Å². The average molecular weight is 184 g/mol. The number of carbonyl (C=O) groups excluding carboxylic acids is 1. The van der Waals surface area contributed by atoms with Crippen LogP contribution in [-0.4, -0.2) is 17.8 Å². The molecule has 1 aromatic carbocycles. The molecule has 0 bridgehead atoms. The molecule has 1 nitrogen and oxygen atoms in total. The Morgan fingerprint density at radius 2 is 2.33 bits per heavy atom. The lowest BCUT2D eigenvalue weighted by atomic mass is 10.1. The fraction of sp³-hybridized carbons (Fsp3) is 0.222. The molecular formula is C9H9FOS. The molecule has 0 radical (unpaired) electrons. The average Bonchev–Trinajstić information content (AvgIpc) is 2.05. The van der Waals surface area contributed by atoms with Gasteiger partial charge in [0.25, 0.3) is 0 Å². The van der Waals surface area contributed by atoms with Crippen molar-refractivity contribution in [3.63, 3.8) is 0 Å². The van der Waals surface area contributed by atoms with Crippen molar-refractivity contribution in [3.05, 3.63) is 35.6 Å². The van der Waals surface area contributed by atoms with Gasteiger partial charge in [0, 0.05) is 5.56 Å². The minimum atomic E-state index is -0.359. The topological polar surface area (TPSA) is 17.1 Å². The summed E-state index contributed by atoms with van der Waals surface area (Å²) in [6.07, 6.45) is 1.84. The third-order valence-electron chi connectivity index (χ3n) is 1.42. The van der Waals surface area contributed by atoms with Crippen molar-refractivity contribution in [1.82, 2.24) is 0 Å². The first-order valence-electron chi connectivity index (χ1n) is 3.51. The zero-order chi connectivity index (χ0) is 8.97. The number of rotatable bonds is 3. The second-order valence-electron chi connectivity index (χ2n) is 2.37. The highest BCUT2D eigenvalue weighted by molar-refractivity contribution is 7.99. The number of carbonyl (C=O) groups is 1. The third-order valence-corrected chi connectivity index (χ3v) is 1.97. The molecule has 12 heavy (non-hydrogen) atoms. The summed E-state index contributed by atoms with van der Waals surface area (Å²) in [4.78, 5) is 11.2. The Labute approximate surface area is 75.0 Å². The number of hydrogen-bond acceptors (Lipinski definition) is 2. The largest absolute Gasteiger partial charge is 0.293 e. The van der Waals surface area contributed by atoms with Gasteiger partial charge in [-0.05, 0) is 18.4 Å². The van der Waals surface area contributed by atoms with Crippen molar-refractivity contribution in [3.8, 4) is 0 Å². The van der Waals surface area contributed by atoms with Gasteiger partial charge in [0.2, 0.25) is 0 Å². The monoisotopic (exact) mass is 184 g/mol. The maximum absolute atomic E-state index is 12.6. The van der Waals surface area contributed by atoms with E-state index in [4.69, 9.17) is 0 Å². The molecule has 0 heterocycles. The highest BCUT2D eigenvalue weighted by atomic mass is 32.2. The van der Waals surface area contributed by atoms with Crippen LogP contribution in [0.25, 0.3) is 0 Å². The molecule has 0 aliphatic carbocycles. The van der Waals surface area contributed by atoms with E-state index in [2.05, 4.69) is 0 Å². The van der Waals surface area contributed by atoms with Gasteiger partial charge in [0.15, 0.2) is 5.78 Å². The van der Waals surface area contributed by atoms with E-state index in [0.29, 0.717) is 11.3 Å². The Morgan fingerprint density at radius 1 is 1.58 bits per heavy atom. The summed E-state index contributed by atoms with van der Waals surface area (Å²) in [6.45, 7) is 0. The summed E-state index contributed by atoms with van der Waals surface area (Å²) >= 11 is 1.44. The second-order valence-corrected chi connectivity index (χ2v) is 3.23. The van der Waals surface area contributed by atoms with E-state index >= 15 is 0 Å². The van der Waals surface area contributed by atoms with E-state index in [-0.39, 0.29) is 11.6 Å². The van der Waals surface area contributed by atoms with Gasteiger partial charge in [-0.25, -0.2) is 4.39 Å². The molecule has 1 rings (SSSR count). The lowest BCUT2D eigenvalue weighted by Crippen LogP contribution is -2.01. The van der Waals surface area contributed by atoms with Crippen molar-refractivity contribution in [2.75, 3.05) is 12.0 Å². The first kappa shape index (κ1) is 9.26. The third kappa shape index (κ3) is 2.34. The molecule has 0 saturated heterocycles. The molecule has 1 aromatic rings. The van der Waals surface area contributed by atoms with E-state index in [9.17, 15) is 9.18 Å². The fourth-order valence-electron chi connectivity index (χ4n) is 0.876. The molecule has 0 aromatic heterocycles. The Morgan fingerprint density at radius 3 is 2.92 bits per heavy atom. The minimum absolute atomic E-state index is 0.0259. The first-order chi connectivity index (χ1) is 5.74. The van der Waals surface area contributed by atoms with E-state index in [1.165, 1.54) is 23.9 Å². The van der Waals surface area contributed by atoms with E-state index in [1.807, 2.05) is 6.26 Å². The molecule has 0 aliphatic heterocycles. The van der Waals surface area contributed by atoms with Gasteiger partial charge in [-0.3, -0.25) is 4.79 Å². The van der Waals surface area contributed by atoms with Crippen LogP contribution in [0.2, 0.25) is 0 Å². The van der Waals surface area contributed by atoms with Gasteiger partial charge in [0.05, 0.1) is 5.75 Å². The number of ketones is 1. The van der Waals surface area contributed by atoms with Crippen molar-refractivity contribution >= 4 is 17.5 Å². The predicted octanol–water partition coefficient (Wildman–Crippen LogP) is 2.37. The predicted molar refractivity (Wildman–Crippen MR) is 49.1 cm³/mol. The van der Waals surface area contributed by atoms with Gasteiger partial charge < -0.3 is 0 Å². The Kier molecular flexibility index (Phi) is 3.29. The first-order valence-corrected chi connectivity index (χ1v) is 4.91. The standard InChI is InChI=1S/C9H9FOS/c1-12-6-9(11)7-3-2-4-8(10)5-7/h2-5H,6H2,1H3. The van der Waals surface area contributed by atoms with Crippen molar-refractivity contribution in [2.45, 2.75) is 0 Å². The van der Waals surface area contributed by atoms with E-state index in [1.54, 1.807) is 12.1 Å². The number of Topliss-reactive ketones (excluding diaryl/α,β-unsaturated/α-hetero) is 1. The molecule has 0 atom stereocenters. The summed E-state index contributed by atoms with van der Waals surface area (Å²) in [5.74, 6) is 0.0210. The molecule has 0 fully saturated rings. The van der Waals surface area contributed by atoms with Crippen LogP contribution in [0.3, 0.4) is 0 Å². The lowest BCUT2D eigenvalue weighted by Gasteiger charge is -1.97. The summed E-state index contributed by atoms with van der Waals surface area (Å²) in [6, 6.07) is 5.76. The minimum Gasteiger partial charge on any atom is -0.293 e. The summed E-state index contributed by atoms with van der Waals surface area (Å²) in [7, 11) is 0. The van der Waals surface area contributed by atoms with Gasteiger partial charge in [-0.1, -0.05) is 12.1 Å². The molecule has 0 unspecified atom stereocenters. The van der Waals surface area contributed by atoms with Crippen molar-refractivity contribution in [2.24, 2.45) is 0 Å². The number of halogens is 1. The Bertz CT molecular complexity index is 286. The fourth-order valence-corrected chi connectivity index (χ4v) is 1.31. The molecule has 0 aliphatic rings. The van der Waals surface area contributed by atoms with Gasteiger partial charge in [-0.2, -0.15) is 11.8 Å². The van der Waals surface area contributed by atoms with E-state index < -0.39 is 0 Å². The molecule has 0 amide bonds. The lowest BCUT2D eigenvalue weighted by molar-refractivity contribution is 0.102. The van der Waals surface area contributed by atoms with Crippen LogP contribution >= 0.6 is 11.8 Å². The number of thioether (sulfide) groups is 1. The van der Waals surface area contributed by atoms with Crippen LogP contribution in [0.15, 0.2) is 24.3 Å². The molecule has 3 heteroatoms. The molecule has 0 saturated carbocycles. The highest BCUT2D eigenvalue weighted by Gasteiger charge is 2.04. The number of hydrogen-bond donors (Lipinski definition) is 0. The zero-order valence-electron chi connectivity index (χ0n) is 6.71. The number of benzene rings is 1. The van der Waals surface area contributed by atoms with Crippen LogP contribution in [-0.2, 0) is 0 Å². The summed E-state index contributed by atoms with van der Waals surface area (Å²) in [5, 5.41) is 0. The quantitative estimate of drug-likeness (QED) is 0.671. The molecule has 0 N–H and O–H groups in total. The molecule has 0 spiro atoms. The Hall–Kier alpha value is -0.830. The van der Waals surface area contributed by atoms with Crippen LogP contribution < -0.4 is 0 Å². The summed E-state index contributed by atoms with van der Waals surface area (Å²) in [5.41, 5.74) is 0.448.